The fraction of sp³-hybridized carbons (Fsp3) is 0.182. The lowest BCUT2D eigenvalue weighted by atomic mass is 10.2. The van der Waals surface area contributed by atoms with Crippen molar-refractivity contribution in [3.63, 3.8) is 0 Å². The summed E-state index contributed by atoms with van der Waals surface area (Å²) in [7, 11) is -8.17. The molecule has 174 valence electrons. The Morgan fingerprint density at radius 3 is 2.27 bits per heavy atom. The highest BCUT2D eigenvalue weighted by Gasteiger charge is 2.31. The van der Waals surface area contributed by atoms with E-state index < -0.39 is 37.5 Å². The van der Waals surface area contributed by atoms with Gasteiger partial charge in [-0.2, -0.15) is 0 Å². The SMILES string of the molecule is CC(=O)Nc1ccc(S(=O)(=O)NCC(c2cccnc2)S(=O)(=O)c2ccc(F)c(C)c2)cc1. The van der Waals surface area contributed by atoms with Gasteiger partial charge in [0.25, 0.3) is 0 Å². The van der Waals surface area contributed by atoms with Crippen LogP contribution in [0.15, 0.2) is 76.8 Å². The van der Waals surface area contributed by atoms with Crippen LogP contribution in [0.2, 0.25) is 0 Å². The molecule has 1 unspecified atom stereocenters. The van der Waals surface area contributed by atoms with Crippen molar-refractivity contribution in [1.82, 2.24) is 9.71 Å². The number of benzene rings is 2. The van der Waals surface area contributed by atoms with E-state index in [2.05, 4.69) is 15.0 Å². The molecule has 0 saturated heterocycles. The number of anilines is 1. The third kappa shape index (κ3) is 5.81. The largest absolute Gasteiger partial charge is 0.326 e. The fourth-order valence-electron chi connectivity index (χ4n) is 3.12. The number of halogens is 1. The summed E-state index contributed by atoms with van der Waals surface area (Å²) in [5.74, 6) is -0.848. The zero-order chi connectivity index (χ0) is 24.2. The molecule has 0 aliphatic heterocycles. The van der Waals surface area contributed by atoms with Gasteiger partial charge in [0, 0.05) is 31.5 Å². The summed E-state index contributed by atoms with van der Waals surface area (Å²) in [4.78, 5) is 14.8. The lowest BCUT2D eigenvalue weighted by molar-refractivity contribution is -0.114. The van der Waals surface area contributed by atoms with Gasteiger partial charge in [0.1, 0.15) is 11.1 Å². The van der Waals surface area contributed by atoms with Gasteiger partial charge in [-0.05, 0) is 66.6 Å². The molecule has 0 aliphatic rings. The highest BCUT2D eigenvalue weighted by Crippen LogP contribution is 2.29. The first-order valence-corrected chi connectivity index (χ1v) is 12.8. The zero-order valence-electron chi connectivity index (χ0n) is 17.8. The molecule has 1 atom stereocenters. The van der Waals surface area contributed by atoms with Crippen LogP contribution in [0, 0.1) is 12.7 Å². The smallest absolute Gasteiger partial charge is 0.240 e. The molecule has 1 heterocycles. The summed E-state index contributed by atoms with van der Waals surface area (Å²) >= 11 is 0. The van der Waals surface area contributed by atoms with Crippen molar-refractivity contribution in [2.75, 3.05) is 11.9 Å². The number of sulfonamides is 1. The number of amides is 1. The number of rotatable bonds is 8. The van der Waals surface area contributed by atoms with Crippen molar-refractivity contribution in [2.24, 2.45) is 0 Å². The van der Waals surface area contributed by atoms with Crippen LogP contribution in [0.5, 0.6) is 0 Å². The van der Waals surface area contributed by atoms with E-state index in [1.807, 2.05) is 0 Å². The Hall–Kier alpha value is -3.15. The van der Waals surface area contributed by atoms with Gasteiger partial charge in [0.15, 0.2) is 9.84 Å². The Morgan fingerprint density at radius 2 is 1.70 bits per heavy atom. The second-order valence-corrected chi connectivity index (χ2v) is 11.2. The van der Waals surface area contributed by atoms with Gasteiger partial charge >= 0.3 is 0 Å². The van der Waals surface area contributed by atoms with E-state index in [1.165, 1.54) is 62.6 Å². The Balaban J connectivity index is 1.91. The van der Waals surface area contributed by atoms with Crippen molar-refractivity contribution in [1.29, 1.82) is 0 Å². The standard InChI is InChI=1S/C22H22FN3O5S2/c1-15-12-20(9-10-21(15)23)32(28,29)22(17-4-3-11-24-13-17)14-25-33(30,31)19-7-5-18(6-8-19)26-16(2)27/h3-13,22,25H,14H2,1-2H3,(H,26,27). The maximum Gasteiger partial charge on any atom is 0.240 e. The number of pyridine rings is 1. The first-order chi connectivity index (χ1) is 15.5. The van der Waals surface area contributed by atoms with E-state index in [1.54, 1.807) is 6.07 Å². The van der Waals surface area contributed by atoms with Gasteiger partial charge in [-0.3, -0.25) is 9.78 Å². The molecular weight excluding hydrogens is 469 g/mol. The number of nitrogens with one attached hydrogen (secondary N) is 2. The predicted octanol–water partition coefficient (Wildman–Crippen LogP) is 2.98. The van der Waals surface area contributed by atoms with E-state index in [0.29, 0.717) is 5.69 Å². The van der Waals surface area contributed by atoms with Crippen molar-refractivity contribution in [3.05, 3.63) is 83.9 Å². The minimum absolute atomic E-state index is 0.100. The van der Waals surface area contributed by atoms with Crippen LogP contribution >= 0.6 is 0 Å². The molecule has 0 radical (unpaired) electrons. The van der Waals surface area contributed by atoms with Gasteiger partial charge < -0.3 is 5.32 Å². The molecule has 0 saturated carbocycles. The minimum Gasteiger partial charge on any atom is -0.326 e. The first-order valence-electron chi connectivity index (χ1n) is 9.78. The van der Waals surface area contributed by atoms with Crippen LogP contribution < -0.4 is 10.0 Å². The Morgan fingerprint density at radius 1 is 1.03 bits per heavy atom. The van der Waals surface area contributed by atoms with Crippen LogP contribution in [0.25, 0.3) is 0 Å². The van der Waals surface area contributed by atoms with E-state index >= 15 is 0 Å². The van der Waals surface area contributed by atoms with Gasteiger partial charge in [-0.1, -0.05) is 6.07 Å². The highest BCUT2D eigenvalue weighted by molar-refractivity contribution is 7.92. The van der Waals surface area contributed by atoms with Crippen LogP contribution in [0.3, 0.4) is 0 Å². The van der Waals surface area contributed by atoms with Gasteiger partial charge in [0.05, 0.1) is 9.79 Å². The van der Waals surface area contributed by atoms with Crippen molar-refractivity contribution < 1.29 is 26.0 Å². The Bertz CT molecular complexity index is 1360. The van der Waals surface area contributed by atoms with Gasteiger partial charge in [-0.15, -0.1) is 0 Å². The molecule has 2 aromatic carbocycles. The number of hydrogen-bond acceptors (Lipinski definition) is 6. The quantitative estimate of drug-likeness (QED) is 0.467. The van der Waals surface area contributed by atoms with E-state index in [9.17, 15) is 26.0 Å². The van der Waals surface area contributed by atoms with Gasteiger partial charge in [-0.25, -0.2) is 25.9 Å². The molecule has 0 fully saturated rings. The van der Waals surface area contributed by atoms with Crippen molar-refractivity contribution >= 4 is 31.5 Å². The summed E-state index contributed by atoms with van der Waals surface area (Å²) < 4.78 is 68.4. The van der Waals surface area contributed by atoms with Gasteiger partial charge in [0.2, 0.25) is 15.9 Å². The highest BCUT2D eigenvalue weighted by atomic mass is 32.2. The van der Waals surface area contributed by atoms with E-state index in [0.717, 1.165) is 12.1 Å². The maximum atomic E-state index is 13.7. The summed E-state index contributed by atoms with van der Waals surface area (Å²) in [6.07, 6.45) is 2.81. The number of carbonyl (C=O) groups is 1. The number of sulfone groups is 1. The molecule has 0 spiro atoms. The van der Waals surface area contributed by atoms with Crippen molar-refractivity contribution in [3.8, 4) is 0 Å². The maximum absolute atomic E-state index is 13.7. The summed E-state index contributed by atoms with van der Waals surface area (Å²) in [6, 6.07) is 11.9. The lowest BCUT2D eigenvalue weighted by Crippen LogP contribution is -2.32. The molecule has 3 aromatic rings. The summed E-state index contributed by atoms with van der Waals surface area (Å²) in [5, 5.41) is 1.23. The third-order valence-electron chi connectivity index (χ3n) is 4.83. The van der Waals surface area contributed by atoms with Crippen LogP contribution in [0.1, 0.15) is 23.3 Å². The van der Waals surface area contributed by atoms with Crippen LogP contribution in [-0.2, 0) is 24.7 Å². The second kappa shape index (κ2) is 9.77. The number of hydrogen-bond donors (Lipinski definition) is 2. The Labute approximate surface area is 191 Å². The van der Waals surface area contributed by atoms with Crippen LogP contribution in [-0.4, -0.2) is 34.3 Å². The second-order valence-electron chi connectivity index (χ2n) is 7.29. The first kappa shape index (κ1) is 24.5. The topological polar surface area (TPSA) is 122 Å². The summed E-state index contributed by atoms with van der Waals surface area (Å²) in [5.41, 5.74) is 0.855. The lowest BCUT2D eigenvalue weighted by Gasteiger charge is -2.19. The molecule has 1 aromatic heterocycles. The van der Waals surface area contributed by atoms with E-state index in [4.69, 9.17) is 0 Å². The summed E-state index contributed by atoms with van der Waals surface area (Å²) in [6.45, 7) is 2.30. The average Bonchev–Trinajstić information content (AvgIpc) is 2.76. The fourth-order valence-corrected chi connectivity index (χ4v) is 6.00. The molecule has 0 aliphatic carbocycles. The molecule has 1 amide bonds. The Kier molecular flexibility index (Phi) is 7.25. The number of aryl methyl sites for hydroxylation is 1. The monoisotopic (exact) mass is 491 g/mol. The molecular formula is C22H22FN3O5S2. The normalized spacial score (nSPS) is 12.8. The average molecular weight is 492 g/mol. The molecule has 11 heteroatoms. The molecule has 3 rings (SSSR count). The van der Waals surface area contributed by atoms with Crippen molar-refractivity contribution in [2.45, 2.75) is 28.9 Å². The molecule has 0 bridgehead atoms. The number of aromatic nitrogens is 1. The molecule has 2 N–H and O–H groups in total. The van der Waals surface area contributed by atoms with E-state index in [-0.39, 0.29) is 26.8 Å². The number of carbonyl (C=O) groups excluding carboxylic acids is 1. The molecule has 8 nitrogen and oxygen atoms in total. The predicted molar refractivity (Wildman–Crippen MR) is 121 cm³/mol. The molecule has 33 heavy (non-hydrogen) atoms. The zero-order valence-corrected chi connectivity index (χ0v) is 19.5. The number of nitrogens with zero attached hydrogens (tertiary/aromatic N) is 1. The third-order valence-corrected chi connectivity index (χ3v) is 8.37. The van der Waals surface area contributed by atoms with Crippen LogP contribution in [0.4, 0.5) is 10.1 Å². The minimum atomic E-state index is -4.10.